The average molecular weight is 375 g/mol. The number of carbonyl (C=O) groups is 1. The number of likely N-dealkylation sites (tertiary alicyclic amines) is 1. The molecule has 0 bridgehead atoms. The molecule has 28 heavy (non-hydrogen) atoms. The third-order valence-corrected chi connectivity index (χ3v) is 5.61. The van der Waals surface area contributed by atoms with Crippen molar-refractivity contribution in [1.82, 2.24) is 14.8 Å². The van der Waals surface area contributed by atoms with Crippen molar-refractivity contribution in [3.63, 3.8) is 0 Å². The summed E-state index contributed by atoms with van der Waals surface area (Å²) < 4.78 is 0. The van der Waals surface area contributed by atoms with Crippen LogP contribution in [-0.4, -0.2) is 54.4 Å². The number of aromatic amines is 1. The van der Waals surface area contributed by atoms with Crippen molar-refractivity contribution in [3.05, 3.63) is 70.6 Å². The van der Waals surface area contributed by atoms with Crippen LogP contribution in [0.25, 0.3) is 21.9 Å². The van der Waals surface area contributed by atoms with Gasteiger partial charge in [0.25, 0.3) is 11.5 Å². The molecule has 3 aromatic rings. The van der Waals surface area contributed by atoms with Crippen LogP contribution in [0.5, 0.6) is 0 Å². The summed E-state index contributed by atoms with van der Waals surface area (Å²) in [5.74, 6) is 0.602. The number of amides is 1. The molecule has 144 valence electrons. The fourth-order valence-corrected chi connectivity index (χ4v) is 4.03. The van der Waals surface area contributed by atoms with Gasteiger partial charge in [0.1, 0.15) is 0 Å². The molecule has 5 heteroatoms. The van der Waals surface area contributed by atoms with Crippen molar-refractivity contribution in [1.29, 1.82) is 0 Å². The molecule has 1 saturated heterocycles. The standard InChI is InChI=1S/C23H25N3O2/c1-25-12-10-16(14-25)15-26(2)23(28)19-6-3-17(4-7-19)20-8-5-18-9-11-24-22(27)21(18)13-20/h3-9,11,13,16H,10,12,14-15H2,1-2H3,(H,24,27)/t16-/m1/s1. The number of H-pyrrole nitrogens is 1. The van der Waals surface area contributed by atoms with E-state index in [2.05, 4.69) is 16.9 Å². The quantitative estimate of drug-likeness (QED) is 0.762. The van der Waals surface area contributed by atoms with Gasteiger partial charge in [-0.2, -0.15) is 0 Å². The van der Waals surface area contributed by atoms with Gasteiger partial charge in [-0.15, -0.1) is 0 Å². The van der Waals surface area contributed by atoms with Gasteiger partial charge in [-0.1, -0.05) is 24.3 Å². The van der Waals surface area contributed by atoms with Crippen LogP contribution >= 0.6 is 0 Å². The number of carbonyl (C=O) groups excluding carboxylic acids is 1. The Morgan fingerprint density at radius 2 is 1.89 bits per heavy atom. The summed E-state index contributed by atoms with van der Waals surface area (Å²) in [5.41, 5.74) is 2.55. The van der Waals surface area contributed by atoms with Gasteiger partial charge in [0, 0.05) is 37.3 Å². The van der Waals surface area contributed by atoms with E-state index in [1.54, 1.807) is 6.20 Å². The number of benzene rings is 2. The van der Waals surface area contributed by atoms with E-state index in [4.69, 9.17) is 0 Å². The fraction of sp³-hybridized carbons (Fsp3) is 0.304. The third kappa shape index (κ3) is 3.71. The summed E-state index contributed by atoms with van der Waals surface area (Å²) in [7, 11) is 4.01. The SMILES string of the molecule is CN1CC[C@@H](CN(C)C(=O)c2ccc(-c3ccc4cc[nH]c(=O)c4c3)cc2)C1. The van der Waals surface area contributed by atoms with E-state index >= 15 is 0 Å². The minimum Gasteiger partial charge on any atom is -0.341 e. The zero-order valence-electron chi connectivity index (χ0n) is 16.3. The maximum Gasteiger partial charge on any atom is 0.255 e. The monoisotopic (exact) mass is 375 g/mol. The molecule has 0 aliphatic carbocycles. The Kier molecular flexibility index (Phi) is 5.01. The summed E-state index contributed by atoms with van der Waals surface area (Å²) >= 11 is 0. The van der Waals surface area contributed by atoms with Crippen molar-refractivity contribution in [2.45, 2.75) is 6.42 Å². The third-order valence-electron chi connectivity index (χ3n) is 5.61. The molecule has 2 heterocycles. The molecule has 1 aromatic heterocycles. The molecule has 1 aliphatic heterocycles. The van der Waals surface area contributed by atoms with Gasteiger partial charge >= 0.3 is 0 Å². The maximum atomic E-state index is 12.7. The zero-order valence-corrected chi connectivity index (χ0v) is 16.3. The Morgan fingerprint density at radius 3 is 2.61 bits per heavy atom. The van der Waals surface area contributed by atoms with Crippen molar-refractivity contribution in [2.75, 3.05) is 33.7 Å². The lowest BCUT2D eigenvalue weighted by Crippen LogP contribution is -2.32. The van der Waals surface area contributed by atoms with Gasteiger partial charge < -0.3 is 14.8 Å². The van der Waals surface area contributed by atoms with E-state index in [-0.39, 0.29) is 11.5 Å². The lowest BCUT2D eigenvalue weighted by Gasteiger charge is -2.21. The highest BCUT2D eigenvalue weighted by Gasteiger charge is 2.23. The van der Waals surface area contributed by atoms with E-state index in [1.807, 2.05) is 60.5 Å². The average Bonchev–Trinajstić information content (AvgIpc) is 3.12. The summed E-state index contributed by atoms with van der Waals surface area (Å²) in [6.07, 6.45) is 2.80. The molecular formula is C23H25N3O2. The molecule has 0 saturated carbocycles. The molecule has 2 aromatic carbocycles. The largest absolute Gasteiger partial charge is 0.341 e. The van der Waals surface area contributed by atoms with E-state index < -0.39 is 0 Å². The number of hydrogen-bond donors (Lipinski definition) is 1. The predicted molar refractivity (Wildman–Crippen MR) is 113 cm³/mol. The number of hydrogen-bond acceptors (Lipinski definition) is 3. The molecular weight excluding hydrogens is 350 g/mol. The van der Waals surface area contributed by atoms with E-state index in [1.165, 1.54) is 0 Å². The molecule has 5 nitrogen and oxygen atoms in total. The number of nitrogens with zero attached hydrogens (tertiary/aromatic N) is 2. The summed E-state index contributed by atoms with van der Waals surface area (Å²) in [5, 5.41) is 1.58. The normalized spacial score (nSPS) is 17.1. The van der Waals surface area contributed by atoms with Gasteiger partial charge in [0.2, 0.25) is 0 Å². The Hall–Kier alpha value is -2.92. The highest BCUT2D eigenvalue weighted by atomic mass is 16.2. The highest BCUT2D eigenvalue weighted by Crippen LogP contribution is 2.24. The minimum absolute atomic E-state index is 0.0519. The Morgan fingerprint density at radius 1 is 1.14 bits per heavy atom. The van der Waals surface area contributed by atoms with E-state index in [9.17, 15) is 9.59 Å². The molecule has 1 N–H and O–H groups in total. The highest BCUT2D eigenvalue weighted by molar-refractivity contribution is 5.95. The van der Waals surface area contributed by atoms with Gasteiger partial charge in [0.05, 0.1) is 0 Å². The summed E-state index contributed by atoms with van der Waals surface area (Å²) in [4.78, 5) is 31.6. The van der Waals surface area contributed by atoms with E-state index in [0.29, 0.717) is 16.9 Å². The molecule has 1 amide bonds. The first kappa shape index (κ1) is 18.4. The Bertz CT molecular complexity index is 1060. The molecule has 1 atom stereocenters. The van der Waals surface area contributed by atoms with Crippen molar-refractivity contribution < 1.29 is 4.79 Å². The second kappa shape index (κ2) is 7.60. The van der Waals surface area contributed by atoms with Gasteiger partial charge in [-0.25, -0.2) is 0 Å². The van der Waals surface area contributed by atoms with Crippen LogP contribution in [0, 0.1) is 5.92 Å². The zero-order chi connectivity index (χ0) is 19.7. The van der Waals surface area contributed by atoms with Crippen LogP contribution in [0.4, 0.5) is 0 Å². The van der Waals surface area contributed by atoms with Crippen LogP contribution in [0.1, 0.15) is 16.8 Å². The predicted octanol–water partition coefficient (Wildman–Crippen LogP) is 3.22. The van der Waals surface area contributed by atoms with Crippen molar-refractivity contribution in [3.8, 4) is 11.1 Å². The Balaban J connectivity index is 1.51. The Labute approximate surface area is 164 Å². The van der Waals surface area contributed by atoms with Crippen molar-refractivity contribution in [2.24, 2.45) is 5.92 Å². The van der Waals surface area contributed by atoms with Crippen LogP contribution in [0.2, 0.25) is 0 Å². The molecule has 0 spiro atoms. The molecule has 4 rings (SSSR count). The number of aromatic nitrogens is 1. The summed E-state index contributed by atoms with van der Waals surface area (Å²) in [6.45, 7) is 2.95. The van der Waals surface area contributed by atoms with E-state index in [0.717, 1.165) is 42.6 Å². The lowest BCUT2D eigenvalue weighted by molar-refractivity contribution is 0.0774. The minimum atomic E-state index is -0.0923. The van der Waals surface area contributed by atoms with Crippen molar-refractivity contribution >= 4 is 16.7 Å². The van der Waals surface area contributed by atoms with Crippen LogP contribution in [0.15, 0.2) is 59.5 Å². The molecule has 1 fully saturated rings. The smallest absolute Gasteiger partial charge is 0.255 e. The lowest BCUT2D eigenvalue weighted by atomic mass is 10.0. The maximum absolute atomic E-state index is 12.7. The number of nitrogens with one attached hydrogen (secondary N) is 1. The first-order chi connectivity index (χ1) is 13.5. The number of pyridine rings is 1. The number of rotatable bonds is 4. The number of fused-ring (bicyclic) bond motifs is 1. The fourth-order valence-electron chi connectivity index (χ4n) is 4.03. The van der Waals surface area contributed by atoms with Crippen LogP contribution < -0.4 is 5.56 Å². The van der Waals surface area contributed by atoms with Crippen LogP contribution in [0.3, 0.4) is 0 Å². The summed E-state index contributed by atoms with van der Waals surface area (Å²) in [6, 6.07) is 15.4. The first-order valence-electron chi connectivity index (χ1n) is 9.67. The van der Waals surface area contributed by atoms with Gasteiger partial charge in [0.15, 0.2) is 0 Å². The first-order valence-corrected chi connectivity index (χ1v) is 9.67. The molecule has 0 unspecified atom stereocenters. The molecule has 1 aliphatic rings. The van der Waals surface area contributed by atoms with Crippen LogP contribution in [-0.2, 0) is 0 Å². The topological polar surface area (TPSA) is 56.4 Å². The molecule has 0 radical (unpaired) electrons. The van der Waals surface area contributed by atoms with Gasteiger partial charge in [-0.05, 0) is 66.7 Å². The second-order valence-electron chi connectivity index (χ2n) is 7.79. The van der Waals surface area contributed by atoms with Gasteiger partial charge in [-0.3, -0.25) is 9.59 Å². The second-order valence-corrected chi connectivity index (χ2v) is 7.79.